The lowest BCUT2D eigenvalue weighted by Crippen LogP contribution is -2.37. The van der Waals surface area contributed by atoms with Crippen molar-refractivity contribution in [1.29, 1.82) is 0 Å². The molecular formula is C23H31NO3. The Bertz CT molecular complexity index is 693. The monoisotopic (exact) mass is 369 g/mol. The van der Waals surface area contributed by atoms with E-state index in [0.29, 0.717) is 5.92 Å². The van der Waals surface area contributed by atoms with Gasteiger partial charge in [-0.25, -0.2) is 0 Å². The summed E-state index contributed by atoms with van der Waals surface area (Å²) < 4.78 is 17.3. The molecule has 0 aliphatic carbocycles. The molecule has 1 fully saturated rings. The first-order chi connectivity index (χ1) is 13.2. The van der Waals surface area contributed by atoms with E-state index in [-0.39, 0.29) is 6.10 Å². The third-order valence-corrected chi connectivity index (χ3v) is 5.10. The summed E-state index contributed by atoms with van der Waals surface area (Å²) in [4.78, 5) is 2.45. The van der Waals surface area contributed by atoms with Gasteiger partial charge in [0.25, 0.3) is 0 Å². The van der Waals surface area contributed by atoms with Crippen LogP contribution in [0.25, 0.3) is 0 Å². The molecule has 0 radical (unpaired) electrons. The smallest absolute Gasteiger partial charge is 0.125 e. The van der Waals surface area contributed by atoms with E-state index in [1.54, 1.807) is 7.11 Å². The van der Waals surface area contributed by atoms with Gasteiger partial charge in [-0.2, -0.15) is 0 Å². The first-order valence-electron chi connectivity index (χ1n) is 9.86. The third kappa shape index (κ3) is 5.72. The second-order valence-electron chi connectivity index (χ2n) is 7.35. The van der Waals surface area contributed by atoms with Crippen LogP contribution in [-0.4, -0.2) is 44.9 Å². The molecular weight excluding hydrogens is 338 g/mol. The summed E-state index contributed by atoms with van der Waals surface area (Å²) in [6.45, 7) is 9.04. The normalized spacial score (nSPS) is 16.3. The summed E-state index contributed by atoms with van der Waals surface area (Å²) in [5, 5.41) is 0. The van der Waals surface area contributed by atoms with Crippen LogP contribution in [0.15, 0.2) is 48.5 Å². The molecule has 4 heteroatoms. The molecule has 0 saturated carbocycles. The van der Waals surface area contributed by atoms with Crippen molar-refractivity contribution in [2.24, 2.45) is 0 Å². The first-order valence-corrected chi connectivity index (χ1v) is 9.86. The lowest BCUT2D eigenvalue weighted by molar-refractivity contribution is 0.0317. The van der Waals surface area contributed by atoms with Crippen molar-refractivity contribution in [3.8, 4) is 11.5 Å². The van der Waals surface area contributed by atoms with E-state index in [2.05, 4.69) is 55.1 Å². The van der Waals surface area contributed by atoms with Crippen molar-refractivity contribution in [2.45, 2.75) is 32.3 Å². The topological polar surface area (TPSA) is 30.9 Å². The second-order valence-corrected chi connectivity index (χ2v) is 7.35. The molecule has 2 aromatic carbocycles. The molecule has 2 aromatic rings. The molecule has 0 N–H and O–H groups in total. The van der Waals surface area contributed by atoms with Crippen LogP contribution >= 0.6 is 0 Å². The Morgan fingerprint density at radius 3 is 2.37 bits per heavy atom. The van der Waals surface area contributed by atoms with Gasteiger partial charge in [-0.15, -0.1) is 0 Å². The van der Waals surface area contributed by atoms with E-state index >= 15 is 0 Å². The fraction of sp³-hybridized carbons (Fsp3) is 0.478. The van der Waals surface area contributed by atoms with Crippen molar-refractivity contribution >= 4 is 0 Å². The number of morpholine rings is 1. The average molecular weight is 370 g/mol. The molecule has 0 bridgehead atoms. The van der Waals surface area contributed by atoms with Crippen LogP contribution in [0.2, 0.25) is 0 Å². The molecule has 4 nitrogen and oxygen atoms in total. The largest absolute Gasteiger partial charge is 0.497 e. The first kappa shape index (κ1) is 19.7. The highest BCUT2D eigenvalue weighted by Crippen LogP contribution is 2.28. The van der Waals surface area contributed by atoms with Crippen molar-refractivity contribution in [2.75, 3.05) is 40.0 Å². The van der Waals surface area contributed by atoms with E-state index in [0.717, 1.165) is 56.3 Å². The van der Waals surface area contributed by atoms with Gasteiger partial charge in [0.15, 0.2) is 0 Å². The van der Waals surface area contributed by atoms with E-state index < -0.39 is 0 Å². The number of hydrogen-bond acceptors (Lipinski definition) is 4. The zero-order valence-electron chi connectivity index (χ0n) is 16.7. The Kier molecular flexibility index (Phi) is 7.13. The number of nitrogens with zero attached hydrogens (tertiary/aromatic N) is 1. The van der Waals surface area contributed by atoms with Crippen LogP contribution in [0.5, 0.6) is 11.5 Å². The van der Waals surface area contributed by atoms with Gasteiger partial charge >= 0.3 is 0 Å². The standard InChI is InChI=1S/C23H31NO3/c1-18(2)19-7-9-21(10-8-19)27-23(11-12-24-13-15-26-16-14-24)20-5-4-6-22(17-20)25-3/h4-10,17-18,23H,11-16H2,1-3H3. The molecule has 1 heterocycles. The fourth-order valence-corrected chi connectivity index (χ4v) is 3.36. The van der Waals surface area contributed by atoms with E-state index in [1.807, 2.05) is 12.1 Å². The zero-order chi connectivity index (χ0) is 19.1. The van der Waals surface area contributed by atoms with Crippen LogP contribution in [0.1, 0.15) is 43.4 Å². The van der Waals surface area contributed by atoms with Gasteiger partial charge in [-0.05, 0) is 41.3 Å². The van der Waals surface area contributed by atoms with Gasteiger partial charge in [-0.1, -0.05) is 38.1 Å². The minimum absolute atomic E-state index is 0.00663. The molecule has 1 aliphatic heterocycles. The van der Waals surface area contributed by atoms with Gasteiger partial charge in [-0.3, -0.25) is 4.90 Å². The summed E-state index contributed by atoms with van der Waals surface area (Å²) in [6, 6.07) is 16.7. The predicted octanol–water partition coefficient (Wildman–Crippen LogP) is 4.66. The highest BCUT2D eigenvalue weighted by molar-refractivity contribution is 5.33. The summed E-state index contributed by atoms with van der Waals surface area (Å²) in [6.07, 6.45) is 0.923. The maximum atomic E-state index is 6.41. The molecule has 0 spiro atoms. The van der Waals surface area contributed by atoms with Crippen LogP contribution in [0, 0.1) is 0 Å². The van der Waals surface area contributed by atoms with Crippen LogP contribution in [0.3, 0.4) is 0 Å². The second kappa shape index (κ2) is 9.77. The molecule has 1 aliphatic rings. The third-order valence-electron chi connectivity index (χ3n) is 5.10. The summed E-state index contributed by atoms with van der Waals surface area (Å²) >= 11 is 0. The number of hydrogen-bond donors (Lipinski definition) is 0. The predicted molar refractivity (Wildman–Crippen MR) is 109 cm³/mol. The molecule has 1 unspecified atom stereocenters. The Balaban J connectivity index is 1.73. The Morgan fingerprint density at radius 2 is 1.70 bits per heavy atom. The number of ether oxygens (including phenoxy) is 3. The Hall–Kier alpha value is -2.04. The van der Waals surface area contributed by atoms with Crippen LogP contribution < -0.4 is 9.47 Å². The molecule has 27 heavy (non-hydrogen) atoms. The number of methoxy groups -OCH3 is 1. The zero-order valence-corrected chi connectivity index (χ0v) is 16.7. The average Bonchev–Trinajstić information content (AvgIpc) is 2.72. The van der Waals surface area contributed by atoms with Crippen molar-refractivity contribution in [1.82, 2.24) is 4.90 Å². The fourth-order valence-electron chi connectivity index (χ4n) is 3.36. The van der Waals surface area contributed by atoms with E-state index in [4.69, 9.17) is 14.2 Å². The van der Waals surface area contributed by atoms with E-state index in [9.17, 15) is 0 Å². The minimum Gasteiger partial charge on any atom is -0.497 e. The van der Waals surface area contributed by atoms with Crippen molar-refractivity contribution in [3.63, 3.8) is 0 Å². The summed E-state index contributed by atoms with van der Waals surface area (Å²) in [5.74, 6) is 2.30. The lowest BCUT2D eigenvalue weighted by atomic mass is 10.0. The molecule has 1 saturated heterocycles. The Morgan fingerprint density at radius 1 is 0.963 bits per heavy atom. The number of rotatable bonds is 8. The van der Waals surface area contributed by atoms with Gasteiger partial charge in [0.05, 0.1) is 20.3 Å². The SMILES string of the molecule is COc1cccc(C(CCN2CCOCC2)Oc2ccc(C(C)C)cc2)c1. The van der Waals surface area contributed by atoms with Crippen LogP contribution in [0.4, 0.5) is 0 Å². The Labute approximate surface area is 163 Å². The number of benzene rings is 2. The molecule has 3 rings (SSSR count). The maximum Gasteiger partial charge on any atom is 0.125 e. The van der Waals surface area contributed by atoms with Gasteiger partial charge in [0.2, 0.25) is 0 Å². The molecule has 0 aromatic heterocycles. The van der Waals surface area contributed by atoms with Gasteiger partial charge < -0.3 is 14.2 Å². The minimum atomic E-state index is -0.00663. The molecule has 1 atom stereocenters. The van der Waals surface area contributed by atoms with Gasteiger partial charge in [0, 0.05) is 26.1 Å². The molecule has 0 amide bonds. The van der Waals surface area contributed by atoms with Crippen molar-refractivity contribution < 1.29 is 14.2 Å². The van der Waals surface area contributed by atoms with E-state index in [1.165, 1.54) is 5.56 Å². The van der Waals surface area contributed by atoms with Gasteiger partial charge in [0.1, 0.15) is 17.6 Å². The lowest BCUT2D eigenvalue weighted by Gasteiger charge is -2.29. The quantitative estimate of drug-likeness (QED) is 0.677. The molecule has 146 valence electrons. The maximum absolute atomic E-state index is 6.41. The highest BCUT2D eigenvalue weighted by Gasteiger charge is 2.18. The highest BCUT2D eigenvalue weighted by atomic mass is 16.5. The van der Waals surface area contributed by atoms with Crippen molar-refractivity contribution in [3.05, 3.63) is 59.7 Å². The summed E-state index contributed by atoms with van der Waals surface area (Å²) in [5.41, 5.74) is 2.48. The van der Waals surface area contributed by atoms with Crippen LogP contribution in [-0.2, 0) is 4.74 Å². The summed E-state index contributed by atoms with van der Waals surface area (Å²) in [7, 11) is 1.70.